The molecule has 0 unspecified atom stereocenters. The molecule has 2 heterocycles. The van der Waals surface area contributed by atoms with E-state index < -0.39 is 0 Å². The van der Waals surface area contributed by atoms with Crippen molar-refractivity contribution in [2.75, 3.05) is 0 Å². The maximum atomic E-state index is 13.2. The first-order valence-electron chi connectivity index (χ1n) is 11.1. The molecular formula is C26H27N3O2. The number of rotatable bonds is 6. The van der Waals surface area contributed by atoms with Gasteiger partial charge in [0.2, 0.25) is 0 Å². The van der Waals surface area contributed by atoms with Crippen molar-refractivity contribution >= 4 is 23.4 Å². The van der Waals surface area contributed by atoms with Crippen LogP contribution in [0, 0.1) is 12.8 Å². The molecule has 3 aliphatic rings. The lowest BCUT2D eigenvalue weighted by Crippen LogP contribution is -2.36. The Balaban J connectivity index is 1.47. The molecule has 2 aliphatic heterocycles. The molecule has 1 spiro atoms. The van der Waals surface area contributed by atoms with Crippen molar-refractivity contribution in [2.24, 2.45) is 21.3 Å². The minimum atomic E-state index is -0.103. The Labute approximate surface area is 182 Å². The van der Waals surface area contributed by atoms with E-state index in [1.165, 1.54) is 12.0 Å². The largest absolute Gasteiger partial charge is 0.389 e. The standard InChI is InChI=1S/C26H27N3O2/c1-17-4-6-19(7-5-17)20-13-21(24-16-26(31-29-24)9-3-10-26)15-22(14-20)25(30)12-18(2)23-8-11-27-28-23/h4-7,11,13-15,18H,3,8-10,12,16H2,1-2H3/t18-/m0/s1. The van der Waals surface area contributed by atoms with Gasteiger partial charge >= 0.3 is 0 Å². The van der Waals surface area contributed by atoms with E-state index in [0.29, 0.717) is 6.42 Å². The number of ketones is 1. The number of Topliss-reactive ketones (excluding diaryl/α,β-unsaturated/α-hetero) is 1. The molecule has 0 radical (unpaired) electrons. The number of hydrogen-bond donors (Lipinski definition) is 0. The molecule has 0 aromatic heterocycles. The quantitative estimate of drug-likeness (QED) is 0.566. The average Bonchev–Trinajstić information content (AvgIpc) is 3.44. The third kappa shape index (κ3) is 3.97. The van der Waals surface area contributed by atoms with Gasteiger partial charge in [-0.1, -0.05) is 41.9 Å². The third-order valence-corrected chi connectivity index (χ3v) is 6.71. The van der Waals surface area contributed by atoms with E-state index >= 15 is 0 Å². The summed E-state index contributed by atoms with van der Waals surface area (Å²) >= 11 is 0. The molecule has 0 bridgehead atoms. The minimum Gasteiger partial charge on any atom is -0.389 e. The molecule has 158 valence electrons. The molecule has 1 saturated carbocycles. The van der Waals surface area contributed by atoms with Crippen LogP contribution in [0.1, 0.15) is 66.9 Å². The number of benzene rings is 2. The zero-order chi connectivity index (χ0) is 21.4. The van der Waals surface area contributed by atoms with Gasteiger partial charge in [-0.25, -0.2) is 0 Å². The molecule has 1 fully saturated rings. The Bertz CT molecular complexity index is 1110. The van der Waals surface area contributed by atoms with Crippen LogP contribution in [0.5, 0.6) is 0 Å². The lowest BCUT2D eigenvalue weighted by Gasteiger charge is -2.34. The molecule has 31 heavy (non-hydrogen) atoms. The van der Waals surface area contributed by atoms with Crippen molar-refractivity contribution in [2.45, 2.75) is 58.0 Å². The lowest BCUT2D eigenvalue weighted by molar-refractivity contribution is -0.0755. The van der Waals surface area contributed by atoms with Crippen LogP contribution in [0.4, 0.5) is 0 Å². The Morgan fingerprint density at radius 1 is 1.10 bits per heavy atom. The number of oxime groups is 1. The van der Waals surface area contributed by atoms with Crippen LogP contribution in [0.2, 0.25) is 0 Å². The van der Waals surface area contributed by atoms with Crippen molar-refractivity contribution in [1.82, 2.24) is 0 Å². The summed E-state index contributed by atoms with van der Waals surface area (Å²) in [6.45, 7) is 4.13. The van der Waals surface area contributed by atoms with Crippen molar-refractivity contribution in [1.29, 1.82) is 0 Å². The summed E-state index contributed by atoms with van der Waals surface area (Å²) in [6, 6.07) is 14.5. The van der Waals surface area contributed by atoms with Gasteiger partial charge in [-0.05, 0) is 55.5 Å². The second-order valence-electron chi connectivity index (χ2n) is 9.13. The monoisotopic (exact) mass is 413 g/mol. The maximum Gasteiger partial charge on any atom is 0.163 e. The van der Waals surface area contributed by atoms with Crippen molar-refractivity contribution in [3.63, 3.8) is 0 Å². The van der Waals surface area contributed by atoms with E-state index in [2.05, 4.69) is 52.6 Å². The third-order valence-electron chi connectivity index (χ3n) is 6.71. The van der Waals surface area contributed by atoms with E-state index in [0.717, 1.165) is 59.4 Å². The smallest absolute Gasteiger partial charge is 0.163 e. The molecule has 5 heteroatoms. The zero-order valence-electron chi connectivity index (χ0n) is 18.1. The van der Waals surface area contributed by atoms with Crippen molar-refractivity contribution in [3.8, 4) is 11.1 Å². The molecule has 0 saturated heterocycles. The first-order chi connectivity index (χ1) is 15.0. The number of hydrogen-bond acceptors (Lipinski definition) is 5. The summed E-state index contributed by atoms with van der Waals surface area (Å²) in [5.74, 6) is 0.196. The molecule has 1 aliphatic carbocycles. The molecular weight excluding hydrogens is 386 g/mol. The van der Waals surface area contributed by atoms with Gasteiger partial charge in [-0.3, -0.25) is 4.79 Å². The van der Waals surface area contributed by atoms with Crippen LogP contribution in [-0.4, -0.2) is 29.0 Å². The van der Waals surface area contributed by atoms with E-state index in [4.69, 9.17) is 4.84 Å². The van der Waals surface area contributed by atoms with Crippen LogP contribution < -0.4 is 0 Å². The number of aryl methyl sites for hydroxylation is 1. The fraction of sp³-hybridized carbons (Fsp3) is 0.385. The van der Waals surface area contributed by atoms with Crippen LogP contribution in [0.3, 0.4) is 0 Å². The summed E-state index contributed by atoms with van der Waals surface area (Å²) in [7, 11) is 0. The van der Waals surface area contributed by atoms with E-state index in [1.54, 1.807) is 6.21 Å². The predicted molar refractivity (Wildman–Crippen MR) is 124 cm³/mol. The number of carbonyl (C=O) groups excluding carboxylic acids is 1. The summed E-state index contributed by atoms with van der Waals surface area (Å²) in [5, 5.41) is 12.5. The van der Waals surface area contributed by atoms with Crippen LogP contribution in [0.15, 0.2) is 57.8 Å². The summed E-state index contributed by atoms with van der Waals surface area (Å²) in [6.07, 6.45) is 7.09. The maximum absolute atomic E-state index is 13.2. The average molecular weight is 414 g/mol. The zero-order valence-corrected chi connectivity index (χ0v) is 18.1. The minimum absolute atomic E-state index is 0.0758. The fourth-order valence-corrected chi connectivity index (χ4v) is 4.49. The summed E-state index contributed by atoms with van der Waals surface area (Å²) in [5.41, 5.74) is 6.87. The Morgan fingerprint density at radius 3 is 2.52 bits per heavy atom. The Kier molecular flexibility index (Phi) is 5.05. The van der Waals surface area contributed by atoms with Gasteiger partial charge in [0.25, 0.3) is 0 Å². The lowest BCUT2D eigenvalue weighted by atomic mass is 9.76. The molecule has 2 aromatic carbocycles. The van der Waals surface area contributed by atoms with E-state index in [-0.39, 0.29) is 17.3 Å². The van der Waals surface area contributed by atoms with Gasteiger partial charge in [0.05, 0.1) is 5.71 Å². The first kappa shape index (κ1) is 19.9. The number of carbonyl (C=O) groups is 1. The normalized spacial score (nSPS) is 19.5. The van der Waals surface area contributed by atoms with Gasteiger partial charge in [0.15, 0.2) is 5.78 Å². The van der Waals surface area contributed by atoms with Gasteiger partial charge in [-0.15, -0.1) is 0 Å². The van der Waals surface area contributed by atoms with Gasteiger partial charge in [0.1, 0.15) is 5.60 Å². The first-order valence-corrected chi connectivity index (χ1v) is 11.1. The SMILES string of the molecule is Cc1ccc(-c2cc(C(=O)C[C@H](C)C3=NN=CC3)cc(C3=NOC4(CCC4)C3)c2)cc1. The molecule has 0 amide bonds. The topological polar surface area (TPSA) is 63.4 Å². The van der Waals surface area contributed by atoms with Crippen LogP contribution >= 0.6 is 0 Å². The van der Waals surface area contributed by atoms with Crippen LogP contribution in [-0.2, 0) is 4.84 Å². The van der Waals surface area contributed by atoms with Crippen LogP contribution in [0.25, 0.3) is 11.1 Å². The molecule has 1 atom stereocenters. The highest BCUT2D eigenvalue weighted by molar-refractivity contribution is 6.07. The van der Waals surface area contributed by atoms with Crippen molar-refractivity contribution in [3.05, 3.63) is 59.2 Å². The highest BCUT2D eigenvalue weighted by atomic mass is 16.7. The highest BCUT2D eigenvalue weighted by Crippen LogP contribution is 2.43. The van der Waals surface area contributed by atoms with Crippen molar-refractivity contribution < 1.29 is 9.63 Å². The van der Waals surface area contributed by atoms with E-state index in [9.17, 15) is 4.79 Å². The number of nitrogens with zero attached hydrogens (tertiary/aromatic N) is 3. The second-order valence-corrected chi connectivity index (χ2v) is 9.13. The Hall–Kier alpha value is -3.08. The second kappa shape index (κ2) is 7.88. The van der Waals surface area contributed by atoms with Gasteiger partial charge in [-0.2, -0.15) is 10.2 Å². The Morgan fingerprint density at radius 2 is 1.87 bits per heavy atom. The van der Waals surface area contributed by atoms with Gasteiger partial charge < -0.3 is 4.84 Å². The molecule has 5 rings (SSSR count). The summed E-state index contributed by atoms with van der Waals surface area (Å²) < 4.78 is 0. The van der Waals surface area contributed by atoms with E-state index in [1.807, 2.05) is 19.1 Å². The predicted octanol–water partition coefficient (Wildman–Crippen LogP) is 5.75. The molecule has 5 nitrogen and oxygen atoms in total. The van der Waals surface area contributed by atoms with Gasteiger partial charge in [0, 0.05) is 48.2 Å². The fourth-order valence-electron chi connectivity index (χ4n) is 4.49. The molecule has 0 N–H and O–H groups in total. The molecule has 2 aromatic rings. The summed E-state index contributed by atoms with van der Waals surface area (Å²) in [4.78, 5) is 19.1. The highest BCUT2D eigenvalue weighted by Gasteiger charge is 2.45.